The van der Waals surface area contributed by atoms with Crippen molar-refractivity contribution in [3.63, 3.8) is 0 Å². The molecule has 110 valence electrons. The van der Waals surface area contributed by atoms with Crippen LogP contribution in [-0.4, -0.2) is 23.5 Å². The van der Waals surface area contributed by atoms with E-state index in [1.807, 2.05) is 45.9 Å². The van der Waals surface area contributed by atoms with Crippen LogP contribution in [0.5, 0.6) is 0 Å². The van der Waals surface area contributed by atoms with Crippen LogP contribution in [0.3, 0.4) is 0 Å². The fraction of sp³-hybridized carbons (Fsp3) is 0.500. The molecule has 0 aliphatic heterocycles. The minimum atomic E-state index is -0.892. The fourth-order valence-electron chi connectivity index (χ4n) is 1.98. The first-order valence-electron chi connectivity index (χ1n) is 6.85. The average Bonchev–Trinajstić information content (AvgIpc) is 2.37. The smallest absolute Gasteiger partial charge is 0.308 e. The summed E-state index contributed by atoms with van der Waals surface area (Å²) in [4.78, 5) is 25.1. The lowest BCUT2D eigenvalue weighted by Crippen LogP contribution is -2.39. The van der Waals surface area contributed by atoms with E-state index in [9.17, 15) is 9.59 Å². The maximum atomic E-state index is 12.4. The first-order chi connectivity index (χ1) is 9.23. The van der Waals surface area contributed by atoms with Crippen LogP contribution in [0.2, 0.25) is 0 Å². The molecule has 4 heteroatoms. The molecule has 0 aliphatic rings. The Labute approximate surface area is 120 Å². The van der Waals surface area contributed by atoms with E-state index in [1.165, 1.54) is 0 Å². The number of carboxylic acid groups (broad SMARTS) is 1. The maximum absolute atomic E-state index is 12.4. The summed E-state index contributed by atoms with van der Waals surface area (Å²) in [5, 5.41) is 9.08. The number of anilines is 1. The molecule has 1 rings (SSSR count). The van der Waals surface area contributed by atoms with Gasteiger partial charge in [0.15, 0.2) is 0 Å². The van der Waals surface area contributed by atoms with Gasteiger partial charge >= 0.3 is 5.97 Å². The van der Waals surface area contributed by atoms with Crippen LogP contribution >= 0.6 is 0 Å². The van der Waals surface area contributed by atoms with Crippen LogP contribution in [0, 0.1) is 25.7 Å². The second-order valence-corrected chi connectivity index (χ2v) is 5.63. The Morgan fingerprint density at radius 1 is 1.20 bits per heavy atom. The molecule has 4 nitrogen and oxygen atoms in total. The molecule has 20 heavy (non-hydrogen) atoms. The van der Waals surface area contributed by atoms with E-state index in [0.29, 0.717) is 0 Å². The number of carboxylic acids is 1. The number of benzene rings is 1. The Bertz CT molecular complexity index is 508. The Morgan fingerprint density at radius 3 is 2.30 bits per heavy atom. The predicted molar refractivity (Wildman–Crippen MR) is 79.9 cm³/mol. The molecule has 0 aliphatic carbocycles. The number of nitrogens with zero attached hydrogens (tertiary/aromatic N) is 1. The highest BCUT2D eigenvalue weighted by molar-refractivity contribution is 5.96. The average molecular weight is 277 g/mol. The monoisotopic (exact) mass is 277 g/mol. The number of amides is 1. The van der Waals surface area contributed by atoms with E-state index in [-0.39, 0.29) is 18.4 Å². The molecule has 0 bridgehead atoms. The number of carbonyl (C=O) groups is 2. The highest BCUT2D eigenvalue weighted by Crippen LogP contribution is 2.24. The molecule has 1 aromatic rings. The zero-order valence-corrected chi connectivity index (χ0v) is 12.8. The Morgan fingerprint density at radius 2 is 1.80 bits per heavy atom. The van der Waals surface area contributed by atoms with Crippen molar-refractivity contribution in [2.45, 2.75) is 34.6 Å². The second-order valence-electron chi connectivity index (χ2n) is 5.63. The first-order valence-corrected chi connectivity index (χ1v) is 6.85. The minimum Gasteiger partial charge on any atom is -0.481 e. The summed E-state index contributed by atoms with van der Waals surface area (Å²) in [6.45, 7) is 9.35. The van der Waals surface area contributed by atoms with Crippen molar-refractivity contribution < 1.29 is 14.7 Å². The minimum absolute atomic E-state index is 0.0493. The van der Waals surface area contributed by atoms with Gasteiger partial charge < -0.3 is 10.0 Å². The van der Waals surface area contributed by atoms with Crippen molar-refractivity contribution in [2.24, 2.45) is 11.8 Å². The maximum Gasteiger partial charge on any atom is 0.308 e. The van der Waals surface area contributed by atoms with Crippen LogP contribution < -0.4 is 4.90 Å². The fourth-order valence-corrected chi connectivity index (χ4v) is 1.98. The topological polar surface area (TPSA) is 57.6 Å². The standard InChI is InChI=1S/C16H23NO3/c1-10(2)15(18)17(9-13(5)16(19)20)14-8-11(3)6-7-12(14)4/h6-8,10,13H,9H2,1-5H3,(H,19,20). The Balaban J connectivity index is 3.19. The van der Waals surface area contributed by atoms with Gasteiger partial charge in [0.05, 0.1) is 5.92 Å². The molecule has 0 saturated carbocycles. The Hall–Kier alpha value is -1.84. The summed E-state index contributed by atoms with van der Waals surface area (Å²) in [6, 6.07) is 5.87. The van der Waals surface area contributed by atoms with Crippen molar-refractivity contribution >= 4 is 17.6 Å². The van der Waals surface area contributed by atoms with Gasteiger partial charge in [0.1, 0.15) is 0 Å². The second kappa shape index (κ2) is 6.55. The molecule has 0 radical (unpaired) electrons. The van der Waals surface area contributed by atoms with Crippen molar-refractivity contribution in [1.82, 2.24) is 0 Å². The van der Waals surface area contributed by atoms with Crippen LogP contribution in [0.25, 0.3) is 0 Å². The van der Waals surface area contributed by atoms with Gasteiger partial charge in [-0.3, -0.25) is 9.59 Å². The molecule has 1 atom stereocenters. The molecule has 0 aromatic heterocycles. The summed E-state index contributed by atoms with van der Waals surface area (Å²) in [5.74, 6) is -1.71. The van der Waals surface area contributed by atoms with Crippen molar-refractivity contribution in [3.05, 3.63) is 29.3 Å². The summed E-state index contributed by atoms with van der Waals surface area (Å²) in [5.41, 5.74) is 2.83. The van der Waals surface area contributed by atoms with Crippen molar-refractivity contribution in [3.8, 4) is 0 Å². The van der Waals surface area contributed by atoms with Gasteiger partial charge in [0.2, 0.25) is 5.91 Å². The van der Waals surface area contributed by atoms with Gasteiger partial charge in [-0.2, -0.15) is 0 Å². The molecule has 0 fully saturated rings. The predicted octanol–water partition coefficient (Wildman–Crippen LogP) is 3.01. The van der Waals surface area contributed by atoms with Crippen LogP contribution in [0.4, 0.5) is 5.69 Å². The van der Waals surface area contributed by atoms with Gasteiger partial charge in [-0.25, -0.2) is 0 Å². The van der Waals surface area contributed by atoms with E-state index in [1.54, 1.807) is 11.8 Å². The van der Waals surface area contributed by atoms with Gasteiger partial charge in [-0.1, -0.05) is 32.9 Å². The molecule has 1 N–H and O–H groups in total. The molecule has 0 spiro atoms. The molecule has 1 amide bonds. The summed E-state index contributed by atoms with van der Waals surface area (Å²) in [6.07, 6.45) is 0. The number of rotatable bonds is 5. The highest BCUT2D eigenvalue weighted by atomic mass is 16.4. The first kappa shape index (κ1) is 16.2. The SMILES string of the molecule is Cc1ccc(C)c(N(CC(C)C(=O)O)C(=O)C(C)C)c1. The van der Waals surface area contributed by atoms with Crippen molar-refractivity contribution in [2.75, 3.05) is 11.4 Å². The van der Waals surface area contributed by atoms with Crippen LogP contribution in [0.15, 0.2) is 18.2 Å². The summed E-state index contributed by atoms with van der Waals surface area (Å²) >= 11 is 0. The van der Waals surface area contributed by atoms with Crippen LogP contribution in [0.1, 0.15) is 31.9 Å². The molecule has 1 aromatic carbocycles. The zero-order chi connectivity index (χ0) is 15.4. The van der Waals surface area contributed by atoms with Gasteiger partial charge in [0.25, 0.3) is 0 Å². The van der Waals surface area contributed by atoms with E-state index < -0.39 is 11.9 Å². The number of hydrogen-bond donors (Lipinski definition) is 1. The van der Waals surface area contributed by atoms with E-state index in [0.717, 1.165) is 16.8 Å². The lowest BCUT2D eigenvalue weighted by Gasteiger charge is -2.28. The molecular weight excluding hydrogens is 254 g/mol. The lowest BCUT2D eigenvalue weighted by atomic mass is 10.0. The molecular formula is C16H23NO3. The molecule has 0 heterocycles. The van der Waals surface area contributed by atoms with Crippen molar-refractivity contribution in [1.29, 1.82) is 0 Å². The highest BCUT2D eigenvalue weighted by Gasteiger charge is 2.24. The number of aliphatic carboxylic acids is 1. The third-order valence-electron chi connectivity index (χ3n) is 3.29. The van der Waals surface area contributed by atoms with Gasteiger partial charge in [0, 0.05) is 18.2 Å². The lowest BCUT2D eigenvalue weighted by molar-refractivity contribution is -0.140. The summed E-state index contributed by atoms with van der Waals surface area (Å²) in [7, 11) is 0. The third-order valence-corrected chi connectivity index (χ3v) is 3.29. The van der Waals surface area contributed by atoms with E-state index >= 15 is 0 Å². The van der Waals surface area contributed by atoms with E-state index in [2.05, 4.69) is 0 Å². The summed E-state index contributed by atoms with van der Waals surface area (Å²) < 4.78 is 0. The van der Waals surface area contributed by atoms with Crippen LogP contribution in [-0.2, 0) is 9.59 Å². The molecule has 1 unspecified atom stereocenters. The van der Waals surface area contributed by atoms with Gasteiger partial charge in [-0.15, -0.1) is 0 Å². The number of carbonyl (C=O) groups excluding carboxylic acids is 1. The largest absolute Gasteiger partial charge is 0.481 e. The van der Waals surface area contributed by atoms with E-state index in [4.69, 9.17) is 5.11 Å². The number of hydrogen-bond acceptors (Lipinski definition) is 2. The number of aryl methyl sites for hydroxylation is 2. The zero-order valence-electron chi connectivity index (χ0n) is 12.8. The quantitative estimate of drug-likeness (QED) is 0.900. The third kappa shape index (κ3) is 3.83. The van der Waals surface area contributed by atoms with Gasteiger partial charge in [-0.05, 0) is 31.0 Å². The molecule has 0 saturated heterocycles. The normalized spacial score (nSPS) is 12.3. The Kier molecular flexibility index (Phi) is 5.31.